The Morgan fingerprint density at radius 3 is 2.58 bits per heavy atom. The van der Waals surface area contributed by atoms with Crippen molar-refractivity contribution < 1.29 is 9.72 Å². The fourth-order valence-electron chi connectivity index (χ4n) is 2.95. The number of hydrogen-bond acceptors (Lipinski definition) is 5. The highest BCUT2D eigenvalue weighted by molar-refractivity contribution is 5.94. The van der Waals surface area contributed by atoms with Crippen LogP contribution in [0.1, 0.15) is 23.5 Å². The number of rotatable bonds is 2. The first-order valence-corrected chi connectivity index (χ1v) is 7.15. The molecule has 0 fully saturated rings. The summed E-state index contributed by atoms with van der Waals surface area (Å²) in [4.78, 5) is 47.1. The fraction of sp³-hybridized carbons (Fsp3) is 0.267. The van der Waals surface area contributed by atoms with E-state index in [0.717, 1.165) is 4.57 Å². The number of benzene rings is 1. The van der Waals surface area contributed by atoms with Gasteiger partial charge in [0.2, 0.25) is 5.91 Å². The van der Waals surface area contributed by atoms with E-state index in [1.54, 1.807) is 6.07 Å². The van der Waals surface area contributed by atoms with Gasteiger partial charge in [-0.25, -0.2) is 4.79 Å². The lowest BCUT2D eigenvalue weighted by atomic mass is 9.86. The average Bonchev–Trinajstić information content (AvgIpc) is 2.57. The number of amides is 1. The van der Waals surface area contributed by atoms with Crippen LogP contribution in [0.25, 0.3) is 0 Å². The maximum atomic E-state index is 12.6. The van der Waals surface area contributed by atoms with Crippen LogP contribution < -0.4 is 16.6 Å². The number of carbonyl (C=O) groups is 1. The Morgan fingerprint density at radius 1 is 1.21 bits per heavy atom. The molecule has 0 spiro atoms. The maximum absolute atomic E-state index is 12.6. The van der Waals surface area contributed by atoms with Crippen molar-refractivity contribution in [1.29, 1.82) is 0 Å². The van der Waals surface area contributed by atoms with Crippen molar-refractivity contribution in [3.63, 3.8) is 0 Å². The number of nitro groups is 1. The van der Waals surface area contributed by atoms with Crippen LogP contribution in [0.2, 0.25) is 0 Å². The average molecular weight is 330 g/mol. The second kappa shape index (κ2) is 5.44. The summed E-state index contributed by atoms with van der Waals surface area (Å²) < 4.78 is 2.15. The molecule has 24 heavy (non-hydrogen) atoms. The summed E-state index contributed by atoms with van der Waals surface area (Å²) in [6.45, 7) is 0. The molecule has 1 amide bonds. The van der Waals surface area contributed by atoms with Crippen molar-refractivity contribution in [2.24, 2.45) is 14.1 Å². The van der Waals surface area contributed by atoms with Crippen molar-refractivity contribution in [3.05, 3.63) is 66.3 Å². The third-order valence-electron chi connectivity index (χ3n) is 4.18. The summed E-state index contributed by atoms with van der Waals surface area (Å²) >= 11 is 0. The van der Waals surface area contributed by atoms with Gasteiger partial charge in [0.15, 0.2) is 0 Å². The normalized spacial score (nSPS) is 16.4. The molecule has 1 aromatic carbocycles. The molecule has 0 radical (unpaired) electrons. The van der Waals surface area contributed by atoms with E-state index in [0.29, 0.717) is 5.56 Å². The summed E-state index contributed by atoms with van der Waals surface area (Å²) in [5, 5.41) is 13.5. The number of nitro benzene ring substituents is 1. The minimum Gasteiger partial charge on any atom is -0.312 e. The lowest BCUT2D eigenvalue weighted by Gasteiger charge is -2.27. The van der Waals surface area contributed by atoms with Crippen LogP contribution >= 0.6 is 0 Å². The Morgan fingerprint density at radius 2 is 1.92 bits per heavy atom. The molecule has 2 aromatic rings. The molecule has 3 rings (SSSR count). The molecule has 1 N–H and O–H groups in total. The Bertz CT molecular complexity index is 988. The molecule has 9 heteroatoms. The number of aromatic nitrogens is 2. The van der Waals surface area contributed by atoms with E-state index >= 15 is 0 Å². The zero-order valence-electron chi connectivity index (χ0n) is 13.0. The first-order valence-electron chi connectivity index (χ1n) is 7.15. The molecule has 1 unspecified atom stereocenters. The molecule has 0 saturated heterocycles. The van der Waals surface area contributed by atoms with Crippen LogP contribution in [0.5, 0.6) is 0 Å². The van der Waals surface area contributed by atoms with E-state index in [1.165, 1.54) is 36.9 Å². The highest BCUT2D eigenvalue weighted by atomic mass is 16.6. The van der Waals surface area contributed by atoms with Gasteiger partial charge in [0.25, 0.3) is 11.2 Å². The molecule has 2 heterocycles. The molecule has 9 nitrogen and oxygen atoms in total. The maximum Gasteiger partial charge on any atom is 0.332 e. The Balaban J connectivity index is 2.29. The van der Waals surface area contributed by atoms with Gasteiger partial charge in [-0.05, 0) is 5.56 Å². The van der Waals surface area contributed by atoms with Crippen molar-refractivity contribution in [3.8, 4) is 0 Å². The highest BCUT2D eigenvalue weighted by Crippen LogP contribution is 2.35. The molecule has 0 saturated carbocycles. The fourth-order valence-corrected chi connectivity index (χ4v) is 2.95. The van der Waals surface area contributed by atoms with E-state index in [4.69, 9.17) is 0 Å². The number of anilines is 1. The molecule has 1 aliphatic rings. The SMILES string of the molecule is Cn1c2c(c(=O)n(C)c1=O)C(c1cccc([N+](=O)[O-])c1)CC(=O)N2. The molecular weight excluding hydrogens is 316 g/mol. The molecule has 124 valence electrons. The topological polar surface area (TPSA) is 116 Å². The minimum absolute atomic E-state index is 0.0262. The number of nitrogens with zero attached hydrogens (tertiary/aromatic N) is 3. The largest absolute Gasteiger partial charge is 0.332 e. The smallest absolute Gasteiger partial charge is 0.312 e. The summed E-state index contributed by atoms with van der Waals surface area (Å²) in [5.41, 5.74) is -0.472. The van der Waals surface area contributed by atoms with Gasteiger partial charge in [-0.2, -0.15) is 0 Å². The second-order valence-electron chi connectivity index (χ2n) is 5.63. The van der Waals surface area contributed by atoms with Crippen LogP contribution in [-0.4, -0.2) is 20.0 Å². The number of carbonyl (C=O) groups excluding carboxylic acids is 1. The van der Waals surface area contributed by atoms with Gasteiger partial charge >= 0.3 is 5.69 Å². The number of fused-ring (bicyclic) bond motifs is 1. The lowest BCUT2D eigenvalue weighted by molar-refractivity contribution is -0.384. The van der Waals surface area contributed by atoms with E-state index in [-0.39, 0.29) is 29.4 Å². The number of hydrogen-bond donors (Lipinski definition) is 1. The molecule has 1 aromatic heterocycles. The lowest BCUT2D eigenvalue weighted by Crippen LogP contribution is -2.44. The van der Waals surface area contributed by atoms with Crippen molar-refractivity contribution >= 4 is 17.4 Å². The second-order valence-corrected chi connectivity index (χ2v) is 5.63. The van der Waals surface area contributed by atoms with Crippen LogP contribution in [0, 0.1) is 10.1 Å². The quantitative estimate of drug-likeness (QED) is 0.634. The van der Waals surface area contributed by atoms with Gasteiger partial charge in [0.1, 0.15) is 5.82 Å². The third kappa shape index (κ3) is 2.30. The van der Waals surface area contributed by atoms with Crippen LogP contribution in [0.15, 0.2) is 33.9 Å². The summed E-state index contributed by atoms with van der Waals surface area (Å²) in [6.07, 6.45) is -0.0262. The first-order chi connectivity index (χ1) is 11.3. The predicted octanol–water partition coefficient (Wildman–Crippen LogP) is 0.466. The van der Waals surface area contributed by atoms with Gasteiger partial charge in [0, 0.05) is 38.6 Å². The predicted molar refractivity (Wildman–Crippen MR) is 85.1 cm³/mol. The zero-order valence-corrected chi connectivity index (χ0v) is 13.0. The van der Waals surface area contributed by atoms with Gasteiger partial charge < -0.3 is 5.32 Å². The summed E-state index contributed by atoms with van der Waals surface area (Å²) in [7, 11) is 2.81. The van der Waals surface area contributed by atoms with Gasteiger partial charge in [-0.15, -0.1) is 0 Å². The van der Waals surface area contributed by atoms with Gasteiger partial charge in [-0.3, -0.25) is 28.8 Å². The van der Waals surface area contributed by atoms with E-state index in [9.17, 15) is 24.5 Å². The summed E-state index contributed by atoms with van der Waals surface area (Å²) in [5.74, 6) is -0.878. The highest BCUT2D eigenvalue weighted by Gasteiger charge is 2.32. The minimum atomic E-state index is -0.654. The zero-order chi connectivity index (χ0) is 17.6. The molecule has 1 atom stereocenters. The number of non-ortho nitro benzene ring substituents is 1. The Kier molecular flexibility index (Phi) is 3.55. The van der Waals surface area contributed by atoms with Crippen molar-refractivity contribution in [2.45, 2.75) is 12.3 Å². The van der Waals surface area contributed by atoms with E-state index in [1.807, 2.05) is 0 Å². The van der Waals surface area contributed by atoms with E-state index in [2.05, 4.69) is 5.32 Å². The van der Waals surface area contributed by atoms with Gasteiger partial charge in [-0.1, -0.05) is 12.1 Å². The molecule has 0 bridgehead atoms. The standard InChI is InChI=1S/C15H14N4O5/c1-17-13-12(14(21)18(2)15(17)22)10(7-11(20)16-13)8-4-3-5-9(6-8)19(23)24/h3-6,10H,7H2,1-2H3,(H,16,20). The van der Waals surface area contributed by atoms with Crippen LogP contribution in [0.3, 0.4) is 0 Å². The molecule has 0 aliphatic carbocycles. The van der Waals surface area contributed by atoms with E-state index < -0.39 is 22.1 Å². The first kappa shape index (κ1) is 15.7. The van der Waals surface area contributed by atoms with Crippen molar-refractivity contribution in [2.75, 3.05) is 5.32 Å². The third-order valence-corrected chi connectivity index (χ3v) is 4.18. The van der Waals surface area contributed by atoms with Crippen molar-refractivity contribution in [1.82, 2.24) is 9.13 Å². The Hall–Kier alpha value is -3.23. The summed E-state index contributed by atoms with van der Waals surface area (Å²) in [6, 6.07) is 5.82. The molecular formula is C15H14N4O5. The Labute approximate surface area is 135 Å². The number of nitrogens with one attached hydrogen (secondary N) is 1. The van der Waals surface area contributed by atoms with Gasteiger partial charge in [0.05, 0.1) is 10.5 Å². The van der Waals surface area contributed by atoms with Crippen LogP contribution in [0.4, 0.5) is 11.5 Å². The van der Waals surface area contributed by atoms with Crippen LogP contribution in [-0.2, 0) is 18.9 Å². The molecule has 1 aliphatic heterocycles. The monoisotopic (exact) mass is 330 g/mol.